The number of allylic oxidation sites excluding steroid dienone is 4. The van der Waals surface area contributed by atoms with Gasteiger partial charge in [0.15, 0.2) is 0 Å². The first-order valence-corrected chi connectivity index (χ1v) is 14.3. The van der Waals surface area contributed by atoms with Crippen molar-refractivity contribution in [3.05, 3.63) is 82.9 Å². The topological polar surface area (TPSA) is 38.5 Å². The summed E-state index contributed by atoms with van der Waals surface area (Å²) >= 11 is 1.44. The molecule has 0 amide bonds. The second-order valence-electron chi connectivity index (χ2n) is 11.0. The Kier molecular flexibility index (Phi) is 8.11. The van der Waals surface area contributed by atoms with E-state index in [1.165, 1.54) is 37.3 Å². The highest BCUT2D eigenvalue weighted by Gasteiger charge is 2.31. The molecule has 0 bridgehead atoms. The van der Waals surface area contributed by atoms with Crippen molar-refractivity contribution in [1.29, 1.82) is 0 Å². The number of hydrogen-bond donors (Lipinski definition) is 1. The Bertz CT molecular complexity index is 1480. The lowest BCUT2D eigenvalue weighted by molar-refractivity contribution is -0.0272. The van der Waals surface area contributed by atoms with Gasteiger partial charge in [0.25, 0.3) is 0 Å². The summed E-state index contributed by atoms with van der Waals surface area (Å²) in [6.07, 6.45) is 4.97. The largest absolute Gasteiger partial charge is 0.492 e. The van der Waals surface area contributed by atoms with Gasteiger partial charge in [-0.05, 0) is 78.6 Å². The predicted octanol–water partition coefficient (Wildman–Crippen LogP) is 8.29. The number of nitrogens with two attached hydrogens (primary N) is 1. The molecule has 3 nitrogen and oxygen atoms in total. The fourth-order valence-electron chi connectivity index (χ4n) is 5.48. The van der Waals surface area contributed by atoms with Crippen molar-refractivity contribution in [3.63, 3.8) is 0 Å². The second-order valence-corrected chi connectivity index (χ2v) is 12.0. The highest BCUT2D eigenvalue weighted by molar-refractivity contribution is 7.22. The molecule has 1 atom stereocenters. The van der Waals surface area contributed by atoms with Crippen molar-refractivity contribution in [2.45, 2.75) is 51.1 Å². The first-order chi connectivity index (χ1) is 19.1. The SMILES string of the molecule is C=Cc1c(N)ccc2c(CC3=CC=C(OC4CN(CCCF)C4)CC3F)c(-c3ccc(F)cc3C(C)(C)F)sc12. The van der Waals surface area contributed by atoms with Gasteiger partial charge >= 0.3 is 0 Å². The highest BCUT2D eigenvalue weighted by Crippen LogP contribution is 2.47. The summed E-state index contributed by atoms with van der Waals surface area (Å²) in [6, 6.07) is 7.86. The number of halogens is 4. The molecule has 1 aromatic heterocycles. The number of hydrogen-bond acceptors (Lipinski definition) is 4. The standard InChI is InChI=1S/C32H34F4N2OS/c1-4-23-29(37)11-10-24-26(31(40-30(23)24)25-9-7-20(34)15-27(25)32(2,3)36)14-19-6-8-21(16-28(19)35)39-22-17-38(18-22)13-5-12-33/h4,6-11,15,22,28H,1,5,12-14,16-18,37H2,2-3H3. The van der Waals surface area contributed by atoms with Gasteiger partial charge in [-0.1, -0.05) is 30.9 Å². The molecule has 0 spiro atoms. The number of rotatable bonds is 10. The van der Waals surface area contributed by atoms with Crippen LogP contribution in [0.4, 0.5) is 23.2 Å². The number of nitrogen functional groups attached to an aromatic ring is 1. The van der Waals surface area contributed by atoms with Crippen LogP contribution >= 0.6 is 11.3 Å². The third-order valence-corrected chi connectivity index (χ3v) is 8.91. The van der Waals surface area contributed by atoms with E-state index in [9.17, 15) is 8.78 Å². The van der Waals surface area contributed by atoms with E-state index >= 15 is 8.78 Å². The van der Waals surface area contributed by atoms with E-state index < -0.39 is 17.7 Å². The lowest BCUT2D eigenvalue weighted by Gasteiger charge is -2.39. The molecule has 0 radical (unpaired) electrons. The van der Waals surface area contributed by atoms with E-state index in [4.69, 9.17) is 10.5 Å². The molecule has 1 aliphatic carbocycles. The number of nitrogens with zero attached hydrogens (tertiary/aromatic N) is 1. The van der Waals surface area contributed by atoms with Gasteiger partial charge in [-0.15, -0.1) is 11.3 Å². The van der Waals surface area contributed by atoms with Gasteiger partial charge in [-0.2, -0.15) is 0 Å². The van der Waals surface area contributed by atoms with Crippen LogP contribution in [-0.4, -0.2) is 43.5 Å². The van der Waals surface area contributed by atoms with Crippen LogP contribution in [0.25, 0.3) is 26.6 Å². The van der Waals surface area contributed by atoms with Gasteiger partial charge in [0.1, 0.15) is 23.8 Å². The van der Waals surface area contributed by atoms with Crippen molar-refractivity contribution in [2.24, 2.45) is 0 Å². The first-order valence-electron chi connectivity index (χ1n) is 13.5. The van der Waals surface area contributed by atoms with Crippen molar-refractivity contribution in [1.82, 2.24) is 4.90 Å². The van der Waals surface area contributed by atoms with Crippen LogP contribution in [0.15, 0.2) is 60.4 Å². The zero-order valence-electron chi connectivity index (χ0n) is 22.8. The fraction of sp³-hybridized carbons (Fsp3) is 0.375. The summed E-state index contributed by atoms with van der Waals surface area (Å²) in [5.41, 5.74) is 8.02. The van der Waals surface area contributed by atoms with Crippen molar-refractivity contribution < 1.29 is 22.3 Å². The number of thiophene rings is 1. The summed E-state index contributed by atoms with van der Waals surface area (Å²) in [7, 11) is 0. The Labute approximate surface area is 236 Å². The molecule has 3 aromatic rings. The summed E-state index contributed by atoms with van der Waals surface area (Å²) in [5, 5.41) is 0.887. The Hall–Kier alpha value is -3.10. The average Bonchev–Trinajstić information content (AvgIpc) is 3.24. The van der Waals surface area contributed by atoms with E-state index in [1.54, 1.807) is 24.3 Å². The molecule has 1 unspecified atom stereocenters. The minimum absolute atomic E-state index is 0.0100. The first kappa shape index (κ1) is 28.4. The number of anilines is 1. The fourth-order valence-corrected chi connectivity index (χ4v) is 6.89. The maximum Gasteiger partial charge on any atom is 0.131 e. The summed E-state index contributed by atoms with van der Waals surface area (Å²) in [4.78, 5) is 2.88. The van der Waals surface area contributed by atoms with Gasteiger partial charge in [-0.25, -0.2) is 13.2 Å². The van der Waals surface area contributed by atoms with E-state index in [-0.39, 0.29) is 24.8 Å². The van der Waals surface area contributed by atoms with Crippen molar-refractivity contribution in [2.75, 3.05) is 32.0 Å². The van der Waals surface area contributed by atoms with Gasteiger partial charge in [0, 0.05) is 46.9 Å². The van der Waals surface area contributed by atoms with Crippen molar-refractivity contribution in [3.8, 4) is 10.4 Å². The molecular weight excluding hydrogens is 536 g/mol. The van der Waals surface area contributed by atoms with Crippen LogP contribution in [0.5, 0.6) is 0 Å². The van der Waals surface area contributed by atoms with Gasteiger partial charge in [0.05, 0.1) is 12.4 Å². The molecule has 1 aliphatic heterocycles. The zero-order valence-corrected chi connectivity index (χ0v) is 23.6. The van der Waals surface area contributed by atoms with E-state index in [1.807, 2.05) is 12.1 Å². The molecule has 1 saturated heterocycles. The number of likely N-dealkylation sites (tertiary alicyclic amines) is 1. The smallest absolute Gasteiger partial charge is 0.131 e. The lowest BCUT2D eigenvalue weighted by Crippen LogP contribution is -2.52. The van der Waals surface area contributed by atoms with Gasteiger partial charge in [-0.3, -0.25) is 9.29 Å². The molecule has 40 heavy (non-hydrogen) atoms. The van der Waals surface area contributed by atoms with Crippen LogP contribution in [0, 0.1) is 5.82 Å². The Morgan fingerprint density at radius 2 is 1.98 bits per heavy atom. The van der Waals surface area contributed by atoms with Crippen LogP contribution in [0.3, 0.4) is 0 Å². The van der Waals surface area contributed by atoms with Gasteiger partial charge in [0.2, 0.25) is 0 Å². The molecule has 2 aliphatic rings. The number of alkyl halides is 3. The second kappa shape index (κ2) is 11.4. The van der Waals surface area contributed by atoms with E-state index in [0.717, 1.165) is 39.2 Å². The third-order valence-electron chi connectivity index (χ3n) is 7.60. The molecule has 2 heterocycles. The van der Waals surface area contributed by atoms with E-state index in [2.05, 4.69) is 11.5 Å². The molecule has 212 valence electrons. The van der Waals surface area contributed by atoms with E-state index in [0.29, 0.717) is 42.0 Å². The van der Waals surface area contributed by atoms with Crippen LogP contribution in [0.1, 0.15) is 43.4 Å². The highest BCUT2D eigenvalue weighted by atomic mass is 32.1. The van der Waals surface area contributed by atoms with Crippen LogP contribution in [0.2, 0.25) is 0 Å². The van der Waals surface area contributed by atoms with Gasteiger partial charge < -0.3 is 10.5 Å². The quantitative estimate of drug-likeness (QED) is 0.197. The molecule has 0 saturated carbocycles. The maximum atomic E-state index is 15.6. The molecule has 8 heteroatoms. The van der Waals surface area contributed by atoms with Crippen LogP contribution < -0.4 is 5.73 Å². The molecular formula is C32H34F4N2OS. The minimum Gasteiger partial charge on any atom is -0.492 e. The molecule has 1 fully saturated rings. The van der Waals surface area contributed by atoms with Crippen LogP contribution in [-0.2, 0) is 16.8 Å². The number of ether oxygens (including phenoxy) is 1. The maximum absolute atomic E-state index is 15.6. The monoisotopic (exact) mass is 570 g/mol. The average molecular weight is 571 g/mol. The third kappa shape index (κ3) is 5.70. The Morgan fingerprint density at radius 3 is 2.65 bits per heavy atom. The minimum atomic E-state index is -1.80. The summed E-state index contributed by atoms with van der Waals surface area (Å²) in [6.45, 7) is 8.53. The summed E-state index contributed by atoms with van der Waals surface area (Å²) < 4.78 is 64.4. The normalized spacial score (nSPS) is 18.4. The Morgan fingerprint density at radius 1 is 1.20 bits per heavy atom. The van der Waals surface area contributed by atoms with Crippen molar-refractivity contribution >= 4 is 33.2 Å². The lowest BCUT2D eigenvalue weighted by atomic mass is 9.88. The molecule has 2 aromatic carbocycles. The summed E-state index contributed by atoms with van der Waals surface area (Å²) in [5.74, 6) is 0.0835. The number of benzene rings is 2. The predicted molar refractivity (Wildman–Crippen MR) is 157 cm³/mol. The molecule has 5 rings (SSSR count). The Balaban J connectivity index is 1.50. The zero-order chi connectivity index (χ0) is 28.6. The number of fused-ring (bicyclic) bond motifs is 1. The molecule has 2 N–H and O–H groups in total.